The summed E-state index contributed by atoms with van der Waals surface area (Å²) in [7, 11) is 1.41. The van der Waals surface area contributed by atoms with Crippen LogP contribution < -0.4 is 0 Å². The molecule has 6 heterocycles. The lowest BCUT2D eigenvalue weighted by atomic mass is 9.85. The normalized spacial score (nSPS) is 17.9. The molecule has 3 aromatic heterocycles. The van der Waals surface area contributed by atoms with E-state index in [2.05, 4.69) is 62.8 Å². The van der Waals surface area contributed by atoms with Gasteiger partial charge < -0.3 is 19.4 Å². The number of methoxy groups -OCH3 is 1. The number of carbonyl (C=O) groups excluding carboxylic acids is 2. The minimum Gasteiger partial charge on any atom is -0.469 e. The summed E-state index contributed by atoms with van der Waals surface area (Å²) < 4.78 is 10.7. The van der Waals surface area contributed by atoms with Gasteiger partial charge in [0.25, 0.3) is 0 Å². The first-order valence-corrected chi connectivity index (χ1v) is 14.9. The predicted octanol–water partition coefficient (Wildman–Crippen LogP) is 7.35. The summed E-state index contributed by atoms with van der Waals surface area (Å²) in [5.41, 5.74) is 14.4. The van der Waals surface area contributed by atoms with Crippen LogP contribution in [-0.4, -0.2) is 39.0 Å². The number of fused-ring (bicyclic) bond motifs is 8. The molecule has 0 aromatic carbocycles. The maximum atomic E-state index is 13.1. The fourth-order valence-electron chi connectivity index (χ4n) is 6.86. The van der Waals surface area contributed by atoms with Crippen LogP contribution >= 0.6 is 0 Å². The molecule has 8 bridgehead atoms. The van der Waals surface area contributed by atoms with Gasteiger partial charge in [0.1, 0.15) is 6.61 Å². The molecule has 0 saturated heterocycles. The molecule has 0 aliphatic carbocycles. The van der Waals surface area contributed by atoms with Gasteiger partial charge in [0.2, 0.25) is 0 Å². The first-order valence-electron chi connectivity index (χ1n) is 14.9. The Balaban J connectivity index is 1.76. The van der Waals surface area contributed by atoms with Crippen LogP contribution in [0.5, 0.6) is 0 Å². The van der Waals surface area contributed by atoms with E-state index >= 15 is 0 Å². The summed E-state index contributed by atoms with van der Waals surface area (Å²) in [5, 5.41) is 0. The van der Waals surface area contributed by atoms with Crippen LogP contribution in [0.25, 0.3) is 33.2 Å². The average molecular weight is 567 g/mol. The van der Waals surface area contributed by atoms with Crippen molar-refractivity contribution >= 4 is 45.2 Å². The van der Waals surface area contributed by atoms with Crippen LogP contribution in [0.4, 0.5) is 0 Å². The molecule has 0 saturated carbocycles. The molecule has 218 valence electrons. The van der Waals surface area contributed by atoms with E-state index in [0.717, 1.165) is 74.4 Å². The predicted molar refractivity (Wildman–Crippen MR) is 164 cm³/mol. The molecule has 8 heteroatoms. The van der Waals surface area contributed by atoms with Crippen molar-refractivity contribution in [3.05, 3.63) is 68.8 Å². The molecule has 3 aromatic rings. The van der Waals surface area contributed by atoms with E-state index in [1.54, 1.807) is 0 Å². The van der Waals surface area contributed by atoms with Crippen LogP contribution in [0.2, 0.25) is 0 Å². The standard InChI is InChI=1S/C34H38N4O4/c1-8-20-16(3)24-12-26-18(5)22(10-11-30(39)41-7)32(37-26)23-15-42-34(40)31-19(6)27(38-33(23)31)14-29-21(9-2)17(4)25(36-29)13-28(20)35-24/h12-14,18,22,36,38H,8-11,15H2,1-7H3/t18-,22-/m0/s1. The maximum Gasteiger partial charge on any atom is 0.340 e. The maximum absolute atomic E-state index is 13.1. The summed E-state index contributed by atoms with van der Waals surface area (Å²) in [6.45, 7) is 12.8. The van der Waals surface area contributed by atoms with Crippen LogP contribution in [0.1, 0.15) is 114 Å². The molecule has 0 fully saturated rings. The van der Waals surface area contributed by atoms with Gasteiger partial charge in [0, 0.05) is 46.1 Å². The number of nitrogens with zero attached hydrogens (tertiary/aromatic N) is 2. The molecule has 42 heavy (non-hydrogen) atoms. The zero-order valence-corrected chi connectivity index (χ0v) is 25.4. The second kappa shape index (κ2) is 10.6. The second-order valence-corrected chi connectivity index (χ2v) is 11.6. The molecular formula is C34H38N4O4. The van der Waals surface area contributed by atoms with E-state index in [1.807, 2.05) is 6.92 Å². The van der Waals surface area contributed by atoms with Crippen molar-refractivity contribution in [3.8, 4) is 0 Å². The fraction of sp³-hybridized carbons (Fsp3) is 0.412. The Kier molecular flexibility index (Phi) is 7.03. The Morgan fingerprint density at radius 2 is 1.76 bits per heavy atom. The summed E-state index contributed by atoms with van der Waals surface area (Å²) in [4.78, 5) is 42.8. The third-order valence-corrected chi connectivity index (χ3v) is 9.41. The Hall–Kier alpha value is -4.20. The highest BCUT2D eigenvalue weighted by atomic mass is 16.5. The molecule has 0 unspecified atom stereocenters. The fourth-order valence-corrected chi connectivity index (χ4v) is 6.86. The van der Waals surface area contributed by atoms with Gasteiger partial charge in [0.15, 0.2) is 0 Å². The van der Waals surface area contributed by atoms with Crippen LogP contribution in [0.15, 0.2) is 18.2 Å². The second-order valence-electron chi connectivity index (χ2n) is 11.6. The first kappa shape index (κ1) is 27.9. The Labute approximate surface area is 245 Å². The quantitative estimate of drug-likeness (QED) is 0.313. The third kappa shape index (κ3) is 4.35. The highest BCUT2D eigenvalue weighted by Gasteiger charge is 2.35. The Morgan fingerprint density at radius 1 is 1.00 bits per heavy atom. The van der Waals surface area contributed by atoms with E-state index < -0.39 is 0 Å². The topological polar surface area (TPSA) is 110 Å². The minimum absolute atomic E-state index is 0.0320. The number of hydrogen-bond donors (Lipinski definition) is 2. The lowest BCUT2D eigenvalue weighted by Gasteiger charge is -2.19. The van der Waals surface area contributed by atoms with Crippen LogP contribution in [0, 0.1) is 13.8 Å². The highest BCUT2D eigenvalue weighted by molar-refractivity contribution is 6.04. The average Bonchev–Trinajstić information content (AvgIpc) is 3.65. The Bertz CT molecular complexity index is 1840. The zero-order valence-electron chi connectivity index (χ0n) is 25.4. The zero-order chi connectivity index (χ0) is 29.9. The summed E-state index contributed by atoms with van der Waals surface area (Å²) >= 11 is 0. The Morgan fingerprint density at radius 3 is 2.48 bits per heavy atom. The van der Waals surface area contributed by atoms with E-state index in [9.17, 15) is 9.59 Å². The minimum atomic E-state index is -0.336. The van der Waals surface area contributed by atoms with Crippen molar-refractivity contribution in [2.75, 3.05) is 7.11 Å². The first-order chi connectivity index (χ1) is 20.2. The van der Waals surface area contributed by atoms with Gasteiger partial charge in [-0.2, -0.15) is 0 Å². The number of rotatable bonds is 5. The molecule has 0 radical (unpaired) electrons. The molecule has 0 amide bonds. The molecule has 3 aliphatic heterocycles. The van der Waals surface area contributed by atoms with Gasteiger partial charge in [-0.05, 0) is 86.1 Å². The molecule has 0 spiro atoms. The van der Waals surface area contributed by atoms with Gasteiger partial charge in [-0.25, -0.2) is 9.78 Å². The number of allylic oxidation sites excluding steroid dienone is 2. The number of aromatic nitrogens is 4. The van der Waals surface area contributed by atoms with E-state index in [4.69, 9.17) is 19.4 Å². The molecule has 2 N–H and O–H groups in total. The van der Waals surface area contributed by atoms with Crippen molar-refractivity contribution in [3.63, 3.8) is 0 Å². The molecular weight excluding hydrogens is 528 g/mol. The highest BCUT2D eigenvalue weighted by Crippen LogP contribution is 2.44. The number of aromatic amines is 2. The number of esters is 2. The summed E-state index contributed by atoms with van der Waals surface area (Å²) in [6.07, 6.45) is 2.59. The number of cyclic esters (lactones) is 1. The lowest BCUT2D eigenvalue weighted by Crippen LogP contribution is -2.15. The van der Waals surface area contributed by atoms with Gasteiger partial charge >= 0.3 is 11.9 Å². The molecule has 2 atom stereocenters. The van der Waals surface area contributed by atoms with Crippen molar-refractivity contribution in [1.82, 2.24) is 19.9 Å². The summed E-state index contributed by atoms with van der Waals surface area (Å²) in [5.74, 6) is -0.603. The van der Waals surface area contributed by atoms with Gasteiger partial charge in [-0.1, -0.05) is 20.8 Å². The van der Waals surface area contributed by atoms with Crippen molar-refractivity contribution < 1.29 is 19.1 Å². The van der Waals surface area contributed by atoms with Crippen molar-refractivity contribution in [2.24, 2.45) is 0 Å². The number of carbonyl (C=O) groups is 2. The van der Waals surface area contributed by atoms with Gasteiger partial charge in [0.05, 0.1) is 35.3 Å². The van der Waals surface area contributed by atoms with E-state index in [1.165, 1.54) is 23.8 Å². The van der Waals surface area contributed by atoms with E-state index in [0.29, 0.717) is 12.0 Å². The summed E-state index contributed by atoms with van der Waals surface area (Å²) in [6, 6.07) is 6.36. The lowest BCUT2D eigenvalue weighted by molar-refractivity contribution is -0.140. The SMILES string of the molecule is CCC1=C(C)c2cc3nc(c4c5[nH]c(cc6[nH]c(cc1n2)c(C)c6CC)c(C)c5C(=O)OC4)[C@@H](CCC(=O)OC)[C@@H]3C. The smallest absolute Gasteiger partial charge is 0.340 e. The van der Waals surface area contributed by atoms with Crippen LogP contribution in [0.3, 0.4) is 0 Å². The monoisotopic (exact) mass is 566 g/mol. The number of nitrogens with one attached hydrogen (secondary N) is 2. The van der Waals surface area contributed by atoms with Gasteiger partial charge in [-0.15, -0.1) is 0 Å². The molecule has 3 aliphatic rings. The van der Waals surface area contributed by atoms with Crippen molar-refractivity contribution in [1.29, 1.82) is 0 Å². The third-order valence-electron chi connectivity index (χ3n) is 9.41. The number of H-pyrrole nitrogens is 2. The molecule has 8 nitrogen and oxygen atoms in total. The number of aryl methyl sites for hydroxylation is 3. The number of ether oxygens (including phenoxy) is 2. The molecule has 6 rings (SSSR count). The van der Waals surface area contributed by atoms with Gasteiger partial charge in [-0.3, -0.25) is 9.78 Å². The number of hydrogen-bond acceptors (Lipinski definition) is 6. The van der Waals surface area contributed by atoms with E-state index in [-0.39, 0.29) is 36.8 Å². The van der Waals surface area contributed by atoms with Crippen LogP contribution in [-0.2, 0) is 27.3 Å². The largest absolute Gasteiger partial charge is 0.469 e. The van der Waals surface area contributed by atoms with Crippen molar-refractivity contribution in [2.45, 2.75) is 85.7 Å².